The van der Waals surface area contributed by atoms with Crippen LogP contribution in [0.1, 0.15) is 33.6 Å². The molecule has 2 fully saturated rings. The van der Waals surface area contributed by atoms with Crippen LogP contribution in [0.5, 0.6) is 0 Å². The van der Waals surface area contributed by atoms with Crippen molar-refractivity contribution in [3.8, 4) is 0 Å². The fraction of sp³-hybridized carbons (Fsp3) is 0.667. The zero-order chi connectivity index (χ0) is 16.9. The monoisotopic (exact) mass is 356 g/mol. The topological polar surface area (TPSA) is 89.7 Å². The standard InChI is InChI=1S/C15H20N2O4S2/c1-15(2,3)21-14(20)11-7(8-4-5-9(18)23-8)6-22-13-10(16)12(19)17(11)13/h8,10,13H,4-6,16H2,1-3H3/t8-,10-,13-/m1/s1. The minimum Gasteiger partial charge on any atom is -0.455 e. The van der Waals surface area contributed by atoms with Crippen LogP contribution in [0.2, 0.25) is 0 Å². The summed E-state index contributed by atoms with van der Waals surface area (Å²) in [5.41, 5.74) is 6.33. The van der Waals surface area contributed by atoms with Gasteiger partial charge in [0.1, 0.15) is 22.7 Å². The van der Waals surface area contributed by atoms with Crippen LogP contribution in [0.25, 0.3) is 0 Å². The van der Waals surface area contributed by atoms with Crippen molar-refractivity contribution >= 4 is 40.5 Å². The van der Waals surface area contributed by atoms with E-state index in [0.29, 0.717) is 24.3 Å². The molecular formula is C15H20N2O4S2. The number of nitrogens with two attached hydrogens (primary N) is 1. The lowest BCUT2D eigenvalue weighted by Crippen LogP contribution is -2.68. The first kappa shape index (κ1) is 16.9. The number of carbonyl (C=O) groups is 3. The summed E-state index contributed by atoms with van der Waals surface area (Å²) in [6, 6.07) is -0.572. The summed E-state index contributed by atoms with van der Waals surface area (Å²) in [5.74, 6) is -0.158. The van der Waals surface area contributed by atoms with Gasteiger partial charge in [0.05, 0.1) is 0 Å². The Morgan fingerprint density at radius 2 is 2.04 bits per heavy atom. The molecule has 2 saturated heterocycles. The number of β-lactam (4-membered cyclic amide) rings is 1. The quantitative estimate of drug-likeness (QED) is 0.588. The van der Waals surface area contributed by atoms with E-state index in [1.807, 2.05) is 0 Å². The molecule has 126 valence electrons. The molecule has 0 unspecified atom stereocenters. The summed E-state index contributed by atoms with van der Waals surface area (Å²) in [4.78, 5) is 37.9. The second kappa shape index (κ2) is 5.82. The van der Waals surface area contributed by atoms with E-state index in [4.69, 9.17) is 10.5 Å². The van der Waals surface area contributed by atoms with Crippen LogP contribution in [-0.2, 0) is 19.1 Å². The number of carbonyl (C=O) groups excluding carboxylic acids is 3. The minimum absolute atomic E-state index is 0.0527. The van der Waals surface area contributed by atoms with E-state index in [2.05, 4.69) is 0 Å². The Bertz CT molecular complexity index is 611. The molecule has 3 rings (SSSR count). The fourth-order valence-electron chi connectivity index (χ4n) is 2.87. The maximum atomic E-state index is 12.7. The number of hydrogen-bond acceptors (Lipinski definition) is 7. The van der Waals surface area contributed by atoms with Gasteiger partial charge in [-0.15, -0.1) is 11.8 Å². The number of rotatable bonds is 2. The van der Waals surface area contributed by atoms with Crippen LogP contribution in [0, 0.1) is 0 Å². The summed E-state index contributed by atoms with van der Waals surface area (Å²) in [5, 5.41) is -0.135. The first-order chi connectivity index (χ1) is 10.7. The highest BCUT2D eigenvalue weighted by atomic mass is 32.2. The zero-order valence-electron chi connectivity index (χ0n) is 13.3. The van der Waals surface area contributed by atoms with Gasteiger partial charge in [0.15, 0.2) is 5.12 Å². The van der Waals surface area contributed by atoms with E-state index in [1.54, 1.807) is 32.5 Å². The average Bonchev–Trinajstić information content (AvgIpc) is 2.89. The molecule has 3 heterocycles. The summed E-state index contributed by atoms with van der Waals surface area (Å²) >= 11 is 2.80. The number of thioether (sulfide) groups is 2. The van der Waals surface area contributed by atoms with E-state index in [9.17, 15) is 14.4 Å². The number of fused-ring (bicyclic) bond motifs is 1. The van der Waals surface area contributed by atoms with Crippen LogP contribution < -0.4 is 5.73 Å². The van der Waals surface area contributed by atoms with Crippen molar-refractivity contribution in [3.05, 3.63) is 11.3 Å². The first-order valence-electron chi connectivity index (χ1n) is 7.55. The van der Waals surface area contributed by atoms with Gasteiger partial charge in [0.25, 0.3) is 0 Å². The maximum Gasteiger partial charge on any atom is 0.355 e. The van der Waals surface area contributed by atoms with Gasteiger partial charge < -0.3 is 10.5 Å². The van der Waals surface area contributed by atoms with Gasteiger partial charge in [-0.3, -0.25) is 14.5 Å². The number of esters is 1. The molecule has 0 spiro atoms. The molecule has 0 bridgehead atoms. The van der Waals surface area contributed by atoms with Crippen LogP contribution in [-0.4, -0.2) is 49.9 Å². The Morgan fingerprint density at radius 1 is 1.35 bits per heavy atom. The predicted octanol–water partition coefficient (Wildman–Crippen LogP) is 1.25. The second-order valence-corrected chi connectivity index (χ2v) is 9.19. The highest BCUT2D eigenvalue weighted by molar-refractivity contribution is 8.14. The van der Waals surface area contributed by atoms with Gasteiger partial charge in [-0.25, -0.2) is 4.79 Å². The van der Waals surface area contributed by atoms with Gasteiger partial charge in [0, 0.05) is 17.4 Å². The Balaban J connectivity index is 1.96. The minimum atomic E-state index is -0.649. The molecule has 1 amide bonds. The molecule has 0 aromatic carbocycles. The molecule has 3 aliphatic rings. The fourth-order valence-corrected chi connectivity index (χ4v) is 5.47. The molecule has 23 heavy (non-hydrogen) atoms. The molecule has 0 aromatic heterocycles. The Kier molecular flexibility index (Phi) is 4.27. The van der Waals surface area contributed by atoms with Gasteiger partial charge in [-0.1, -0.05) is 11.8 Å². The third-order valence-corrected chi connectivity index (χ3v) is 6.50. The first-order valence-corrected chi connectivity index (χ1v) is 9.48. The van der Waals surface area contributed by atoms with Gasteiger partial charge in [0.2, 0.25) is 5.91 Å². The van der Waals surface area contributed by atoms with Crippen molar-refractivity contribution in [2.24, 2.45) is 5.73 Å². The Morgan fingerprint density at radius 3 is 2.61 bits per heavy atom. The summed E-state index contributed by atoms with van der Waals surface area (Å²) in [6.45, 7) is 5.37. The highest BCUT2D eigenvalue weighted by Crippen LogP contribution is 2.45. The van der Waals surface area contributed by atoms with E-state index in [-0.39, 0.29) is 21.6 Å². The van der Waals surface area contributed by atoms with Crippen molar-refractivity contribution in [2.75, 3.05) is 5.75 Å². The van der Waals surface area contributed by atoms with E-state index >= 15 is 0 Å². The third kappa shape index (κ3) is 3.04. The van der Waals surface area contributed by atoms with Crippen LogP contribution in [0.15, 0.2) is 11.3 Å². The van der Waals surface area contributed by atoms with E-state index < -0.39 is 17.6 Å². The highest BCUT2D eigenvalue weighted by Gasteiger charge is 2.53. The summed E-state index contributed by atoms with van der Waals surface area (Å²) in [6.07, 6.45) is 1.20. The van der Waals surface area contributed by atoms with E-state index in [1.165, 1.54) is 16.7 Å². The number of amides is 1. The molecule has 0 saturated carbocycles. The average molecular weight is 356 g/mol. The number of hydrogen-bond donors (Lipinski definition) is 1. The van der Waals surface area contributed by atoms with Gasteiger partial charge in [-0.2, -0.15) is 0 Å². The third-order valence-electron chi connectivity index (χ3n) is 3.90. The van der Waals surface area contributed by atoms with Crippen LogP contribution in [0.3, 0.4) is 0 Å². The van der Waals surface area contributed by atoms with Crippen molar-refractivity contribution in [1.29, 1.82) is 0 Å². The molecule has 2 N–H and O–H groups in total. The SMILES string of the molecule is CC(C)(C)OC(=O)C1=C([C@H]2CCC(=O)S2)CS[C@@H]2[C@H](N)C(=O)N12. The van der Waals surface area contributed by atoms with Crippen LogP contribution in [0.4, 0.5) is 0 Å². The van der Waals surface area contributed by atoms with Crippen molar-refractivity contribution in [1.82, 2.24) is 4.90 Å². The largest absolute Gasteiger partial charge is 0.455 e. The summed E-state index contributed by atoms with van der Waals surface area (Å²) in [7, 11) is 0. The predicted molar refractivity (Wildman–Crippen MR) is 89.6 cm³/mol. The van der Waals surface area contributed by atoms with Crippen molar-refractivity contribution < 1.29 is 19.1 Å². The van der Waals surface area contributed by atoms with Gasteiger partial charge >= 0.3 is 5.97 Å². The van der Waals surface area contributed by atoms with E-state index in [0.717, 1.165) is 5.57 Å². The Hall–Kier alpha value is -0.990. The number of ether oxygens (including phenoxy) is 1. The van der Waals surface area contributed by atoms with Crippen LogP contribution >= 0.6 is 23.5 Å². The lowest BCUT2D eigenvalue weighted by atomic mass is 10.0. The maximum absolute atomic E-state index is 12.7. The van der Waals surface area contributed by atoms with Crippen molar-refractivity contribution in [2.45, 2.75) is 55.9 Å². The van der Waals surface area contributed by atoms with Gasteiger partial charge in [-0.05, 0) is 32.8 Å². The molecule has 3 atom stereocenters. The lowest BCUT2D eigenvalue weighted by molar-refractivity contribution is -0.158. The molecule has 8 heteroatoms. The molecule has 0 radical (unpaired) electrons. The summed E-state index contributed by atoms with van der Waals surface area (Å²) < 4.78 is 5.50. The lowest BCUT2D eigenvalue weighted by Gasteiger charge is -2.49. The van der Waals surface area contributed by atoms with Crippen molar-refractivity contribution in [3.63, 3.8) is 0 Å². The molecule has 0 aromatic rings. The second-order valence-electron chi connectivity index (χ2n) is 6.83. The molecule has 0 aliphatic carbocycles. The molecular weight excluding hydrogens is 336 g/mol. The smallest absolute Gasteiger partial charge is 0.355 e. The normalized spacial score (nSPS) is 31.1. The Labute approximate surface area is 143 Å². The molecule has 3 aliphatic heterocycles. The number of nitrogens with zero attached hydrogens (tertiary/aromatic N) is 1. The zero-order valence-corrected chi connectivity index (χ0v) is 15.0. The molecule has 6 nitrogen and oxygen atoms in total.